The molecule has 2 aromatic rings. The van der Waals surface area contributed by atoms with Crippen molar-refractivity contribution < 1.29 is 19.2 Å². The Hall–Kier alpha value is -2.70. The van der Waals surface area contributed by atoms with E-state index >= 15 is 0 Å². The fourth-order valence-corrected chi connectivity index (χ4v) is 2.88. The van der Waals surface area contributed by atoms with Crippen LogP contribution in [0.15, 0.2) is 41.6 Å². The van der Waals surface area contributed by atoms with Crippen LogP contribution in [-0.2, 0) is 25.8 Å². The number of hydrogen-bond acceptors (Lipinski definition) is 6. The number of carbonyl (C=O) groups excluding carboxylic acids is 1. The number of methoxy groups -OCH3 is 1. The second-order valence-electron chi connectivity index (χ2n) is 6.67. The van der Waals surface area contributed by atoms with E-state index in [0.29, 0.717) is 0 Å². The van der Waals surface area contributed by atoms with Gasteiger partial charge in [-0.3, -0.25) is 0 Å². The molecule has 0 heterocycles. The number of nitrogens with one attached hydrogen (secondary N) is 1. The van der Waals surface area contributed by atoms with Crippen LogP contribution in [0.3, 0.4) is 0 Å². The van der Waals surface area contributed by atoms with E-state index in [1.54, 1.807) is 0 Å². The summed E-state index contributed by atoms with van der Waals surface area (Å²) in [5.74, 6) is -0.441. The molecule has 28 heavy (non-hydrogen) atoms. The average Bonchev–Trinajstić information content (AvgIpc) is 2.68. The highest BCUT2D eigenvalue weighted by atomic mass is 16.6. The molecule has 1 N–H and O–H groups in total. The maximum absolute atomic E-state index is 12.2. The average molecular weight is 384 g/mol. The van der Waals surface area contributed by atoms with Gasteiger partial charge in [-0.05, 0) is 61.6 Å². The summed E-state index contributed by atoms with van der Waals surface area (Å²) >= 11 is 0. The maximum atomic E-state index is 12.2. The van der Waals surface area contributed by atoms with Gasteiger partial charge in [0.2, 0.25) is 0 Å². The Bertz CT molecular complexity index is 862. The van der Waals surface area contributed by atoms with Crippen LogP contribution in [0.25, 0.3) is 0 Å². The van der Waals surface area contributed by atoms with Gasteiger partial charge >= 0.3 is 5.97 Å². The van der Waals surface area contributed by atoms with Gasteiger partial charge in [0.1, 0.15) is 6.61 Å². The van der Waals surface area contributed by atoms with E-state index in [2.05, 4.69) is 36.6 Å². The van der Waals surface area contributed by atoms with E-state index in [4.69, 9.17) is 14.4 Å². The second kappa shape index (κ2) is 10.0. The Kier molecular flexibility index (Phi) is 7.72. The fourth-order valence-electron chi connectivity index (χ4n) is 2.88. The smallest absolute Gasteiger partial charge is 0.329 e. The molecule has 6 nitrogen and oxygen atoms in total. The largest absolute Gasteiger partial charge is 0.468 e. The van der Waals surface area contributed by atoms with Crippen molar-refractivity contribution in [1.82, 2.24) is 5.48 Å². The molecule has 150 valence electrons. The molecule has 0 aromatic heterocycles. The lowest BCUT2D eigenvalue weighted by atomic mass is 9.97. The SMILES string of the molecule is CONC(C(=O)OC)c1cccc(C)c1CO/N=C(\C)c1ccc(C)c(C)c1. The van der Waals surface area contributed by atoms with Crippen molar-refractivity contribution in [3.63, 3.8) is 0 Å². The fraction of sp³-hybridized carbons (Fsp3) is 0.364. The highest BCUT2D eigenvalue weighted by molar-refractivity contribution is 5.98. The Labute approximate surface area is 166 Å². The van der Waals surface area contributed by atoms with E-state index in [0.717, 1.165) is 28.0 Å². The predicted octanol–water partition coefficient (Wildman–Crippen LogP) is 3.92. The van der Waals surface area contributed by atoms with E-state index in [-0.39, 0.29) is 6.61 Å². The molecule has 1 atom stereocenters. The van der Waals surface area contributed by atoms with E-state index in [1.165, 1.54) is 25.3 Å². The van der Waals surface area contributed by atoms with Crippen LogP contribution in [0, 0.1) is 20.8 Å². The molecule has 6 heteroatoms. The van der Waals surface area contributed by atoms with Gasteiger partial charge in [-0.25, -0.2) is 4.79 Å². The first-order valence-corrected chi connectivity index (χ1v) is 9.08. The van der Waals surface area contributed by atoms with Crippen LogP contribution in [0.1, 0.15) is 46.3 Å². The molecule has 0 spiro atoms. The van der Waals surface area contributed by atoms with Gasteiger partial charge in [0.05, 0.1) is 19.9 Å². The lowest BCUT2D eigenvalue weighted by molar-refractivity contribution is -0.147. The number of esters is 1. The molecule has 0 aliphatic heterocycles. The number of rotatable bonds is 8. The van der Waals surface area contributed by atoms with E-state index in [9.17, 15) is 4.79 Å². The number of benzene rings is 2. The van der Waals surface area contributed by atoms with Gasteiger partial charge in [0, 0.05) is 5.56 Å². The normalized spacial score (nSPS) is 12.6. The monoisotopic (exact) mass is 384 g/mol. The molecule has 0 bridgehead atoms. The van der Waals surface area contributed by atoms with Crippen LogP contribution >= 0.6 is 0 Å². The lowest BCUT2D eigenvalue weighted by Crippen LogP contribution is -2.30. The highest BCUT2D eigenvalue weighted by Crippen LogP contribution is 2.24. The third-order valence-corrected chi connectivity index (χ3v) is 4.77. The maximum Gasteiger partial charge on any atom is 0.329 e. The van der Waals surface area contributed by atoms with E-state index in [1.807, 2.05) is 38.1 Å². The first-order valence-electron chi connectivity index (χ1n) is 9.08. The summed E-state index contributed by atoms with van der Waals surface area (Å²) in [5.41, 5.74) is 9.52. The quantitative estimate of drug-likeness (QED) is 0.424. The number of hydrogen-bond donors (Lipinski definition) is 1. The van der Waals surface area contributed by atoms with Crippen molar-refractivity contribution in [1.29, 1.82) is 0 Å². The van der Waals surface area contributed by atoms with Crippen molar-refractivity contribution in [3.8, 4) is 0 Å². The molecule has 2 rings (SSSR count). The standard InChI is InChI=1S/C22H28N2O4/c1-14-10-11-18(12-16(14)3)17(4)23-28-13-20-15(2)8-7-9-19(20)21(24-27-6)22(25)26-5/h7-12,21,24H,13H2,1-6H3/b23-17+. The molecule has 1 unspecified atom stereocenters. The van der Waals surface area contributed by atoms with Crippen molar-refractivity contribution in [3.05, 3.63) is 69.8 Å². The lowest BCUT2D eigenvalue weighted by Gasteiger charge is -2.19. The van der Waals surface area contributed by atoms with Crippen LogP contribution in [0.2, 0.25) is 0 Å². The number of ether oxygens (including phenoxy) is 1. The zero-order chi connectivity index (χ0) is 20.7. The first kappa shape index (κ1) is 21.6. The summed E-state index contributed by atoms with van der Waals surface area (Å²) in [4.78, 5) is 22.8. The number of carbonyl (C=O) groups is 1. The van der Waals surface area contributed by atoms with E-state index < -0.39 is 12.0 Å². The summed E-state index contributed by atoms with van der Waals surface area (Å²) in [6, 6.07) is 11.1. The van der Waals surface area contributed by atoms with Gasteiger partial charge in [-0.1, -0.05) is 35.5 Å². The number of hydroxylamine groups is 1. The molecule has 0 radical (unpaired) electrons. The van der Waals surface area contributed by atoms with Crippen LogP contribution < -0.4 is 5.48 Å². The van der Waals surface area contributed by atoms with Gasteiger partial charge in [-0.2, -0.15) is 5.48 Å². The van der Waals surface area contributed by atoms with Crippen LogP contribution in [0.5, 0.6) is 0 Å². The number of oxime groups is 1. The van der Waals surface area contributed by atoms with Crippen LogP contribution in [0.4, 0.5) is 0 Å². The Morgan fingerprint density at radius 1 is 1.07 bits per heavy atom. The topological polar surface area (TPSA) is 69.2 Å². The summed E-state index contributed by atoms with van der Waals surface area (Å²) in [5, 5.41) is 4.26. The van der Waals surface area contributed by atoms with Crippen molar-refractivity contribution >= 4 is 11.7 Å². The van der Waals surface area contributed by atoms with Crippen molar-refractivity contribution in [2.45, 2.75) is 40.3 Å². The molecule has 2 aromatic carbocycles. The first-order chi connectivity index (χ1) is 13.4. The summed E-state index contributed by atoms with van der Waals surface area (Å²) in [7, 11) is 2.80. The third kappa shape index (κ3) is 5.18. The number of nitrogens with zero attached hydrogens (tertiary/aromatic N) is 1. The number of aryl methyl sites for hydroxylation is 3. The van der Waals surface area contributed by atoms with Gasteiger partial charge in [-0.15, -0.1) is 0 Å². The molecule has 0 fully saturated rings. The van der Waals surface area contributed by atoms with Crippen molar-refractivity contribution in [2.75, 3.05) is 14.2 Å². The Morgan fingerprint density at radius 3 is 2.46 bits per heavy atom. The molecular weight excluding hydrogens is 356 g/mol. The van der Waals surface area contributed by atoms with Gasteiger partial charge in [0.25, 0.3) is 0 Å². The second-order valence-corrected chi connectivity index (χ2v) is 6.67. The van der Waals surface area contributed by atoms with Crippen LogP contribution in [-0.4, -0.2) is 25.9 Å². The summed E-state index contributed by atoms with van der Waals surface area (Å²) in [6.45, 7) is 8.24. The summed E-state index contributed by atoms with van der Waals surface area (Å²) in [6.07, 6.45) is 0. The molecule has 0 saturated carbocycles. The molecule has 0 aliphatic rings. The minimum Gasteiger partial charge on any atom is -0.468 e. The predicted molar refractivity (Wildman–Crippen MR) is 109 cm³/mol. The molecular formula is C22H28N2O4. The third-order valence-electron chi connectivity index (χ3n) is 4.77. The molecule has 0 aliphatic carbocycles. The highest BCUT2D eigenvalue weighted by Gasteiger charge is 2.25. The zero-order valence-electron chi connectivity index (χ0n) is 17.3. The van der Waals surface area contributed by atoms with Gasteiger partial charge < -0.3 is 14.4 Å². The summed E-state index contributed by atoms with van der Waals surface area (Å²) < 4.78 is 4.89. The minimum atomic E-state index is -0.752. The molecule has 0 saturated heterocycles. The minimum absolute atomic E-state index is 0.225. The Balaban J connectivity index is 2.23. The zero-order valence-corrected chi connectivity index (χ0v) is 17.3. The van der Waals surface area contributed by atoms with Gasteiger partial charge in [0.15, 0.2) is 6.04 Å². The van der Waals surface area contributed by atoms with Crippen molar-refractivity contribution in [2.24, 2.45) is 5.16 Å². The Morgan fingerprint density at radius 2 is 1.82 bits per heavy atom. The molecule has 0 amide bonds.